The third-order valence-electron chi connectivity index (χ3n) is 4.26. The summed E-state index contributed by atoms with van der Waals surface area (Å²) in [6.07, 6.45) is 1.62. The van der Waals surface area contributed by atoms with Gasteiger partial charge in [-0.2, -0.15) is 0 Å². The molecule has 0 unspecified atom stereocenters. The van der Waals surface area contributed by atoms with E-state index in [0.717, 1.165) is 5.56 Å². The fourth-order valence-electron chi connectivity index (χ4n) is 3.23. The van der Waals surface area contributed by atoms with E-state index in [4.69, 9.17) is 0 Å². The van der Waals surface area contributed by atoms with Gasteiger partial charge in [0.2, 0.25) is 0 Å². The normalized spacial score (nSPS) is 29.8. The second kappa shape index (κ2) is 4.95. The number of benzene rings is 1. The Morgan fingerprint density at radius 2 is 1.89 bits per heavy atom. The van der Waals surface area contributed by atoms with Crippen molar-refractivity contribution in [2.45, 2.75) is 18.9 Å². The van der Waals surface area contributed by atoms with Gasteiger partial charge in [0.05, 0.1) is 6.10 Å². The molecular weight excluding hydrogens is 252 g/mol. The summed E-state index contributed by atoms with van der Waals surface area (Å²) >= 11 is 1.79. The zero-order valence-electron chi connectivity index (χ0n) is 11.0. The van der Waals surface area contributed by atoms with E-state index in [2.05, 4.69) is 49.2 Å². The summed E-state index contributed by atoms with van der Waals surface area (Å²) in [4.78, 5) is 1.36. The molecule has 1 aliphatic carbocycles. The standard InChI is InChI=1S/C17H18OS/c1-3-12-11(2)17(18)14-8-5-4-7-13(14)16(12)15-9-6-10-19-15/h3-12,16-18H,1H2,2H3/t11-,12+,16-,17-/m0/s1. The number of aliphatic hydroxyl groups is 1. The summed E-state index contributed by atoms with van der Waals surface area (Å²) in [5.74, 6) is 0.801. The van der Waals surface area contributed by atoms with Gasteiger partial charge >= 0.3 is 0 Å². The molecular formula is C17H18OS. The van der Waals surface area contributed by atoms with Crippen molar-refractivity contribution in [3.63, 3.8) is 0 Å². The molecule has 0 saturated heterocycles. The van der Waals surface area contributed by atoms with E-state index >= 15 is 0 Å². The predicted octanol–water partition coefficient (Wildman–Crippen LogP) is 4.37. The maximum absolute atomic E-state index is 10.5. The molecule has 0 saturated carbocycles. The Kier molecular flexibility index (Phi) is 3.29. The van der Waals surface area contributed by atoms with Gasteiger partial charge in [0, 0.05) is 10.8 Å². The minimum absolute atomic E-state index is 0.194. The number of aliphatic hydroxyl groups excluding tert-OH is 1. The van der Waals surface area contributed by atoms with Crippen LogP contribution in [0.4, 0.5) is 0 Å². The Bertz CT molecular complexity index is 573. The van der Waals surface area contributed by atoms with Gasteiger partial charge in [0.1, 0.15) is 0 Å². The molecule has 19 heavy (non-hydrogen) atoms. The van der Waals surface area contributed by atoms with Gasteiger partial charge in [0.15, 0.2) is 0 Å². The fourth-order valence-corrected chi connectivity index (χ4v) is 4.13. The van der Waals surface area contributed by atoms with Gasteiger partial charge in [0.25, 0.3) is 0 Å². The summed E-state index contributed by atoms with van der Waals surface area (Å²) < 4.78 is 0. The van der Waals surface area contributed by atoms with Crippen LogP contribution in [0.15, 0.2) is 54.4 Å². The average Bonchev–Trinajstić information content (AvgIpc) is 2.96. The minimum atomic E-state index is -0.393. The van der Waals surface area contributed by atoms with Crippen LogP contribution in [0.1, 0.15) is 34.9 Å². The van der Waals surface area contributed by atoms with Gasteiger partial charge < -0.3 is 5.11 Å². The Labute approximate surface area is 118 Å². The highest BCUT2D eigenvalue weighted by molar-refractivity contribution is 7.10. The molecule has 1 nitrogen and oxygen atoms in total. The van der Waals surface area contributed by atoms with Crippen molar-refractivity contribution in [3.8, 4) is 0 Å². The average molecular weight is 270 g/mol. The second-order valence-corrected chi connectivity index (χ2v) is 6.22. The second-order valence-electron chi connectivity index (χ2n) is 5.24. The lowest BCUT2D eigenvalue weighted by Gasteiger charge is -2.39. The topological polar surface area (TPSA) is 20.2 Å². The first kappa shape index (κ1) is 12.6. The number of hydrogen-bond acceptors (Lipinski definition) is 2. The van der Waals surface area contributed by atoms with E-state index in [1.54, 1.807) is 11.3 Å². The predicted molar refractivity (Wildman–Crippen MR) is 80.4 cm³/mol. The minimum Gasteiger partial charge on any atom is -0.388 e. The smallest absolute Gasteiger partial charge is 0.0824 e. The van der Waals surface area contributed by atoms with Crippen molar-refractivity contribution in [3.05, 3.63) is 70.4 Å². The largest absolute Gasteiger partial charge is 0.388 e. The molecule has 4 atom stereocenters. The molecule has 98 valence electrons. The van der Waals surface area contributed by atoms with Gasteiger partial charge in [-0.25, -0.2) is 0 Å². The molecule has 1 aliphatic rings. The van der Waals surface area contributed by atoms with Crippen molar-refractivity contribution in [1.29, 1.82) is 0 Å². The Balaban J connectivity index is 2.19. The maximum atomic E-state index is 10.5. The summed E-state index contributed by atoms with van der Waals surface area (Å²) in [6.45, 7) is 6.11. The van der Waals surface area contributed by atoms with Crippen molar-refractivity contribution in [1.82, 2.24) is 0 Å². The lowest BCUT2D eigenvalue weighted by molar-refractivity contribution is 0.0779. The van der Waals surface area contributed by atoms with E-state index in [1.165, 1.54) is 10.4 Å². The van der Waals surface area contributed by atoms with Gasteiger partial charge in [-0.15, -0.1) is 17.9 Å². The summed E-state index contributed by atoms with van der Waals surface area (Å²) in [5, 5.41) is 12.6. The summed E-state index contributed by atoms with van der Waals surface area (Å²) in [6, 6.07) is 12.5. The maximum Gasteiger partial charge on any atom is 0.0824 e. The molecule has 2 heteroatoms. The number of allylic oxidation sites excluding steroid dienone is 1. The van der Waals surface area contributed by atoms with Crippen LogP contribution < -0.4 is 0 Å². The zero-order valence-corrected chi connectivity index (χ0v) is 11.8. The quantitative estimate of drug-likeness (QED) is 0.804. The van der Waals surface area contributed by atoms with Crippen LogP contribution in [0.2, 0.25) is 0 Å². The van der Waals surface area contributed by atoms with E-state index in [9.17, 15) is 5.11 Å². The molecule has 0 bridgehead atoms. The molecule has 0 fully saturated rings. The van der Waals surface area contributed by atoms with Crippen LogP contribution in [-0.4, -0.2) is 5.11 Å². The van der Waals surface area contributed by atoms with Crippen LogP contribution in [0.5, 0.6) is 0 Å². The van der Waals surface area contributed by atoms with E-state index in [1.807, 2.05) is 12.1 Å². The molecule has 1 aromatic heterocycles. The van der Waals surface area contributed by atoms with Crippen LogP contribution in [0.25, 0.3) is 0 Å². The highest BCUT2D eigenvalue weighted by atomic mass is 32.1. The highest BCUT2D eigenvalue weighted by Crippen LogP contribution is 2.49. The molecule has 0 amide bonds. The van der Waals surface area contributed by atoms with Gasteiger partial charge in [-0.1, -0.05) is 43.3 Å². The first-order valence-corrected chi connectivity index (χ1v) is 7.55. The van der Waals surface area contributed by atoms with Crippen molar-refractivity contribution in [2.24, 2.45) is 11.8 Å². The Morgan fingerprint density at radius 1 is 1.16 bits per heavy atom. The lowest BCUT2D eigenvalue weighted by atomic mass is 9.67. The van der Waals surface area contributed by atoms with Crippen molar-refractivity contribution >= 4 is 11.3 Å². The molecule has 1 N–H and O–H groups in total. The number of hydrogen-bond donors (Lipinski definition) is 1. The van der Waals surface area contributed by atoms with Crippen molar-refractivity contribution in [2.75, 3.05) is 0 Å². The van der Waals surface area contributed by atoms with Crippen LogP contribution in [-0.2, 0) is 0 Å². The molecule has 1 heterocycles. The fraction of sp³-hybridized carbons (Fsp3) is 0.294. The van der Waals surface area contributed by atoms with Crippen LogP contribution in [0, 0.1) is 11.8 Å². The third-order valence-corrected chi connectivity index (χ3v) is 5.22. The van der Waals surface area contributed by atoms with E-state index in [-0.39, 0.29) is 11.8 Å². The molecule has 0 radical (unpaired) electrons. The monoisotopic (exact) mass is 270 g/mol. The van der Waals surface area contributed by atoms with E-state index in [0.29, 0.717) is 5.92 Å². The molecule has 3 rings (SSSR count). The van der Waals surface area contributed by atoms with Gasteiger partial charge in [-0.3, -0.25) is 0 Å². The third kappa shape index (κ3) is 1.96. The molecule has 2 aromatic rings. The molecule has 0 aliphatic heterocycles. The van der Waals surface area contributed by atoms with Crippen LogP contribution in [0.3, 0.4) is 0 Å². The summed E-state index contributed by atoms with van der Waals surface area (Å²) in [5.41, 5.74) is 2.33. The highest BCUT2D eigenvalue weighted by Gasteiger charge is 2.39. The number of fused-ring (bicyclic) bond motifs is 1. The first-order valence-electron chi connectivity index (χ1n) is 6.67. The zero-order chi connectivity index (χ0) is 13.4. The van der Waals surface area contributed by atoms with E-state index < -0.39 is 6.10 Å². The number of thiophene rings is 1. The summed E-state index contributed by atoms with van der Waals surface area (Å²) in [7, 11) is 0. The Hall–Kier alpha value is -1.38. The molecule has 1 aromatic carbocycles. The van der Waals surface area contributed by atoms with Gasteiger partial charge in [-0.05, 0) is 34.4 Å². The first-order chi connectivity index (χ1) is 9.24. The number of rotatable bonds is 2. The van der Waals surface area contributed by atoms with Crippen molar-refractivity contribution < 1.29 is 5.11 Å². The lowest BCUT2D eigenvalue weighted by Crippen LogP contribution is -2.30. The SMILES string of the molecule is C=C[C@H]1[C@H](c2cccs2)c2ccccc2[C@@H](O)[C@H]1C. The Morgan fingerprint density at radius 3 is 2.53 bits per heavy atom. The van der Waals surface area contributed by atoms with Crippen LogP contribution >= 0.6 is 11.3 Å². The molecule has 0 spiro atoms.